The number of likely N-dealkylation sites (tertiary alicyclic amines) is 1. The fourth-order valence-electron chi connectivity index (χ4n) is 4.17. The first kappa shape index (κ1) is 18.9. The molecule has 2 aliphatic heterocycles. The molecule has 0 bridgehead atoms. The second kappa shape index (κ2) is 8.70. The molecule has 28 heavy (non-hydrogen) atoms. The Morgan fingerprint density at radius 3 is 2.64 bits per heavy atom. The highest BCUT2D eigenvalue weighted by atomic mass is 19.1. The number of nitrogens with one attached hydrogen (secondary N) is 1. The maximum absolute atomic E-state index is 13.0. The van der Waals surface area contributed by atoms with Crippen molar-refractivity contribution in [1.29, 1.82) is 0 Å². The Morgan fingerprint density at radius 2 is 1.86 bits per heavy atom. The van der Waals surface area contributed by atoms with E-state index in [1.54, 1.807) is 12.1 Å². The Labute approximate surface area is 166 Å². The SMILES string of the molecule is O=C1CCc2cc(C=CCN3CCC(Cc4ccc(F)cc4)CC3)ccc2N1. The van der Waals surface area contributed by atoms with Crippen LogP contribution in [0.25, 0.3) is 6.08 Å². The van der Waals surface area contributed by atoms with Crippen LogP contribution in [0.5, 0.6) is 0 Å². The molecule has 2 heterocycles. The van der Waals surface area contributed by atoms with Gasteiger partial charge in [0.05, 0.1) is 0 Å². The van der Waals surface area contributed by atoms with Crippen molar-refractivity contribution in [2.45, 2.75) is 32.1 Å². The summed E-state index contributed by atoms with van der Waals surface area (Å²) in [5.41, 5.74) is 4.62. The van der Waals surface area contributed by atoms with Crippen molar-refractivity contribution in [2.75, 3.05) is 25.0 Å². The summed E-state index contributed by atoms with van der Waals surface area (Å²) in [6, 6.07) is 13.2. The van der Waals surface area contributed by atoms with Crippen LogP contribution >= 0.6 is 0 Å². The molecule has 2 aliphatic rings. The first-order chi connectivity index (χ1) is 13.7. The van der Waals surface area contributed by atoms with Gasteiger partial charge in [-0.25, -0.2) is 4.39 Å². The third kappa shape index (κ3) is 4.87. The van der Waals surface area contributed by atoms with Crippen LogP contribution in [0.15, 0.2) is 48.5 Å². The van der Waals surface area contributed by atoms with Gasteiger partial charge in [-0.2, -0.15) is 0 Å². The van der Waals surface area contributed by atoms with E-state index in [-0.39, 0.29) is 11.7 Å². The van der Waals surface area contributed by atoms with Crippen molar-refractivity contribution in [3.8, 4) is 0 Å². The summed E-state index contributed by atoms with van der Waals surface area (Å²) in [6.07, 6.45) is 9.27. The number of piperidine rings is 1. The van der Waals surface area contributed by atoms with Gasteiger partial charge in [-0.1, -0.05) is 30.4 Å². The van der Waals surface area contributed by atoms with Gasteiger partial charge in [0.25, 0.3) is 0 Å². The number of hydrogen-bond donors (Lipinski definition) is 1. The highest BCUT2D eigenvalue weighted by Crippen LogP contribution is 2.24. The lowest BCUT2D eigenvalue weighted by molar-refractivity contribution is -0.116. The van der Waals surface area contributed by atoms with E-state index in [4.69, 9.17) is 0 Å². The molecule has 1 amide bonds. The summed E-state index contributed by atoms with van der Waals surface area (Å²) in [4.78, 5) is 13.9. The Balaban J connectivity index is 1.24. The topological polar surface area (TPSA) is 32.3 Å². The fourth-order valence-corrected chi connectivity index (χ4v) is 4.17. The molecule has 0 aromatic heterocycles. The minimum Gasteiger partial charge on any atom is -0.326 e. The van der Waals surface area contributed by atoms with Crippen molar-refractivity contribution >= 4 is 17.7 Å². The third-order valence-electron chi connectivity index (χ3n) is 5.84. The van der Waals surface area contributed by atoms with Gasteiger partial charge in [0.15, 0.2) is 0 Å². The number of halogens is 1. The van der Waals surface area contributed by atoms with Gasteiger partial charge in [-0.05, 0) is 85.6 Å². The number of aryl methyl sites for hydroxylation is 1. The maximum Gasteiger partial charge on any atom is 0.224 e. The van der Waals surface area contributed by atoms with Crippen LogP contribution in [-0.4, -0.2) is 30.4 Å². The smallest absolute Gasteiger partial charge is 0.224 e. The van der Waals surface area contributed by atoms with Crippen LogP contribution in [0.1, 0.15) is 36.0 Å². The lowest BCUT2D eigenvalue weighted by atomic mass is 9.90. The summed E-state index contributed by atoms with van der Waals surface area (Å²) in [5.74, 6) is 0.647. The van der Waals surface area contributed by atoms with Crippen LogP contribution in [0, 0.1) is 11.7 Å². The van der Waals surface area contributed by atoms with Crippen molar-refractivity contribution in [3.05, 3.63) is 71.0 Å². The Bertz CT molecular complexity index is 851. The zero-order chi connectivity index (χ0) is 19.3. The van der Waals surface area contributed by atoms with Crippen LogP contribution in [-0.2, 0) is 17.6 Å². The summed E-state index contributed by atoms with van der Waals surface area (Å²) < 4.78 is 13.0. The zero-order valence-electron chi connectivity index (χ0n) is 16.2. The molecule has 2 aromatic carbocycles. The third-order valence-corrected chi connectivity index (χ3v) is 5.84. The predicted octanol–water partition coefficient (Wildman–Crippen LogP) is 4.68. The normalized spacial score (nSPS) is 18.2. The van der Waals surface area contributed by atoms with E-state index in [2.05, 4.69) is 34.5 Å². The second-order valence-corrected chi connectivity index (χ2v) is 7.94. The van der Waals surface area contributed by atoms with Gasteiger partial charge in [0, 0.05) is 18.7 Å². The van der Waals surface area contributed by atoms with E-state index in [9.17, 15) is 9.18 Å². The van der Waals surface area contributed by atoms with Crippen molar-refractivity contribution in [2.24, 2.45) is 5.92 Å². The number of rotatable bonds is 5. The number of hydrogen-bond acceptors (Lipinski definition) is 2. The molecule has 0 unspecified atom stereocenters. The standard InChI is InChI=1S/C24H27FN2O/c25-22-7-3-19(4-8-22)16-20-11-14-27(15-12-20)13-1-2-18-5-9-23-21(17-18)6-10-24(28)26-23/h1-5,7-9,17,20H,6,10-16H2,(H,26,28). The highest BCUT2D eigenvalue weighted by molar-refractivity contribution is 5.94. The Morgan fingerprint density at radius 1 is 1.07 bits per heavy atom. The van der Waals surface area contributed by atoms with Gasteiger partial charge in [-0.3, -0.25) is 9.69 Å². The Kier molecular flexibility index (Phi) is 5.87. The molecular weight excluding hydrogens is 351 g/mol. The van der Waals surface area contributed by atoms with Gasteiger partial charge >= 0.3 is 0 Å². The molecule has 0 spiro atoms. The predicted molar refractivity (Wildman–Crippen MR) is 112 cm³/mol. The van der Waals surface area contributed by atoms with Crippen LogP contribution in [0.4, 0.5) is 10.1 Å². The second-order valence-electron chi connectivity index (χ2n) is 7.94. The minimum absolute atomic E-state index is 0.110. The molecule has 0 aliphatic carbocycles. The van der Waals surface area contributed by atoms with E-state index in [0.29, 0.717) is 12.3 Å². The number of benzene rings is 2. The molecule has 3 nitrogen and oxygen atoms in total. The first-order valence-electron chi connectivity index (χ1n) is 10.2. The molecule has 1 N–H and O–H groups in total. The molecule has 4 rings (SSSR count). The molecule has 146 valence electrons. The zero-order valence-corrected chi connectivity index (χ0v) is 16.2. The summed E-state index contributed by atoms with van der Waals surface area (Å²) >= 11 is 0. The molecule has 0 atom stereocenters. The van der Waals surface area contributed by atoms with E-state index < -0.39 is 0 Å². The number of anilines is 1. The van der Waals surface area contributed by atoms with E-state index in [1.807, 2.05) is 18.2 Å². The molecular formula is C24H27FN2O. The highest BCUT2D eigenvalue weighted by Gasteiger charge is 2.19. The van der Waals surface area contributed by atoms with Gasteiger partial charge in [-0.15, -0.1) is 0 Å². The fraction of sp³-hybridized carbons (Fsp3) is 0.375. The Hall–Kier alpha value is -2.46. The largest absolute Gasteiger partial charge is 0.326 e. The van der Waals surface area contributed by atoms with Gasteiger partial charge in [0.1, 0.15) is 5.82 Å². The first-order valence-corrected chi connectivity index (χ1v) is 10.2. The van der Waals surface area contributed by atoms with E-state index in [0.717, 1.165) is 38.2 Å². The number of nitrogens with zero attached hydrogens (tertiary/aromatic N) is 1. The van der Waals surface area contributed by atoms with Crippen molar-refractivity contribution in [3.63, 3.8) is 0 Å². The van der Waals surface area contributed by atoms with Gasteiger partial charge < -0.3 is 5.32 Å². The van der Waals surface area contributed by atoms with Crippen molar-refractivity contribution < 1.29 is 9.18 Å². The molecule has 2 aromatic rings. The van der Waals surface area contributed by atoms with Crippen molar-refractivity contribution in [1.82, 2.24) is 4.90 Å². The molecule has 0 radical (unpaired) electrons. The molecule has 4 heteroatoms. The lowest BCUT2D eigenvalue weighted by Crippen LogP contribution is -2.34. The molecule has 1 fully saturated rings. The lowest BCUT2D eigenvalue weighted by Gasteiger charge is -2.31. The molecule has 1 saturated heterocycles. The summed E-state index contributed by atoms with van der Waals surface area (Å²) in [6.45, 7) is 3.20. The minimum atomic E-state index is -0.158. The van der Waals surface area contributed by atoms with Gasteiger partial charge in [0.2, 0.25) is 5.91 Å². The number of amides is 1. The number of carbonyl (C=O) groups excluding carboxylic acids is 1. The van der Waals surface area contributed by atoms with Crippen LogP contribution in [0.3, 0.4) is 0 Å². The average molecular weight is 378 g/mol. The van der Waals surface area contributed by atoms with Crippen LogP contribution < -0.4 is 5.32 Å². The van der Waals surface area contributed by atoms with Crippen LogP contribution in [0.2, 0.25) is 0 Å². The average Bonchev–Trinajstić information content (AvgIpc) is 2.71. The maximum atomic E-state index is 13.0. The summed E-state index contributed by atoms with van der Waals surface area (Å²) in [7, 11) is 0. The van der Waals surface area contributed by atoms with E-state index >= 15 is 0 Å². The molecule has 0 saturated carbocycles. The quantitative estimate of drug-likeness (QED) is 0.819. The monoisotopic (exact) mass is 378 g/mol. The van der Waals surface area contributed by atoms with E-state index in [1.165, 1.54) is 29.5 Å². The number of carbonyl (C=O) groups is 1. The number of fused-ring (bicyclic) bond motifs is 1. The summed E-state index contributed by atoms with van der Waals surface area (Å²) in [5, 5.41) is 2.93.